The second-order valence-corrected chi connectivity index (χ2v) is 8.76. The third-order valence-electron chi connectivity index (χ3n) is 6.25. The first-order valence-corrected chi connectivity index (χ1v) is 11.7. The Morgan fingerprint density at radius 1 is 1.09 bits per heavy atom. The highest BCUT2D eigenvalue weighted by Crippen LogP contribution is 2.27. The van der Waals surface area contributed by atoms with E-state index in [4.69, 9.17) is 9.47 Å². The fourth-order valence-electron chi connectivity index (χ4n) is 4.42. The summed E-state index contributed by atoms with van der Waals surface area (Å²) in [6, 6.07) is 11.3. The molecular formula is C26H28FN5O3. The fourth-order valence-corrected chi connectivity index (χ4v) is 4.42. The average molecular weight is 478 g/mol. The zero-order valence-corrected chi connectivity index (χ0v) is 20.1. The largest absolute Gasteiger partial charge is 0.460 e. The molecule has 1 atom stereocenters. The van der Waals surface area contributed by atoms with Crippen LogP contribution in [-0.4, -0.2) is 52.0 Å². The van der Waals surface area contributed by atoms with Crippen LogP contribution in [0.1, 0.15) is 18.1 Å². The monoisotopic (exact) mass is 477 g/mol. The third kappa shape index (κ3) is 4.64. The van der Waals surface area contributed by atoms with Gasteiger partial charge in [0.1, 0.15) is 5.75 Å². The number of nitrogens with zero attached hydrogens (tertiary/aromatic N) is 5. The van der Waals surface area contributed by atoms with Crippen molar-refractivity contribution in [3.63, 3.8) is 0 Å². The molecule has 0 N–H and O–H groups in total. The second kappa shape index (κ2) is 9.50. The van der Waals surface area contributed by atoms with E-state index in [1.165, 1.54) is 6.92 Å². The molecule has 1 saturated heterocycles. The topological polar surface area (TPSA) is 74.4 Å². The number of ether oxygens (including phenoxy) is 2. The Hall–Kier alpha value is -3.72. The standard InChI is InChI=1S/C26H28FN5O3/c1-17-4-7-24(35-18(2)27)20(12-17)16-32-23-13-19(5-6-22(23)25(33)30(32)3)21-14-28-26(29-15-21)31-8-10-34-11-9-31/h4-7,12-15,18H,8-11,16H2,1-3H3. The zero-order valence-electron chi connectivity index (χ0n) is 20.1. The van der Waals surface area contributed by atoms with E-state index in [0.717, 1.165) is 40.9 Å². The molecule has 3 heterocycles. The Morgan fingerprint density at radius 3 is 2.54 bits per heavy atom. The second-order valence-electron chi connectivity index (χ2n) is 8.76. The van der Waals surface area contributed by atoms with E-state index >= 15 is 0 Å². The molecule has 1 aliphatic heterocycles. The van der Waals surface area contributed by atoms with Gasteiger partial charge in [0.2, 0.25) is 12.3 Å². The first-order valence-electron chi connectivity index (χ1n) is 11.7. The molecule has 2 aromatic carbocycles. The van der Waals surface area contributed by atoms with Crippen LogP contribution in [0.2, 0.25) is 0 Å². The van der Waals surface area contributed by atoms with Gasteiger partial charge in [-0.3, -0.25) is 14.2 Å². The molecular weight excluding hydrogens is 449 g/mol. The van der Waals surface area contributed by atoms with Gasteiger partial charge in [0, 0.05) is 50.6 Å². The number of alkyl halides is 1. The number of fused-ring (bicyclic) bond motifs is 1. The van der Waals surface area contributed by atoms with Gasteiger partial charge in [-0.25, -0.2) is 14.4 Å². The van der Waals surface area contributed by atoms with Crippen molar-refractivity contribution in [2.75, 3.05) is 31.2 Å². The summed E-state index contributed by atoms with van der Waals surface area (Å²) in [6.45, 7) is 6.56. The van der Waals surface area contributed by atoms with Crippen molar-refractivity contribution in [3.05, 3.63) is 70.3 Å². The lowest BCUT2D eigenvalue weighted by molar-refractivity contribution is 0.0847. The molecule has 4 aromatic rings. The summed E-state index contributed by atoms with van der Waals surface area (Å²) in [5.41, 5.74) is 4.26. The molecule has 2 aromatic heterocycles. The van der Waals surface area contributed by atoms with E-state index < -0.39 is 6.36 Å². The van der Waals surface area contributed by atoms with E-state index in [1.807, 2.05) is 41.9 Å². The Bertz CT molecular complexity index is 1410. The maximum Gasteiger partial charge on any atom is 0.274 e. The summed E-state index contributed by atoms with van der Waals surface area (Å²) in [4.78, 5) is 24.2. The van der Waals surface area contributed by atoms with Crippen LogP contribution in [-0.2, 0) is 18.3 Å². The predicted molar refractivity (Wildman–Crippen MR) is 133 cm³/mol. The molecule has 0 aliphatic carbocycles. The Kier molecular flexibility index (Phi) is 6.25. The van der Waals surface area contributed by atoms with Crippen LogP contribution in [0.4, 0.5) is 10.3 Å². The van der Waals surface area contributed by atoms with Gasteiger partial charge in [-0.15, -0.1) is 0 Å². The van der Waals surface area contributed by atoms with E-state index in [1.54, 1.807) is 30.2 Å². The van der Waals surface area contributed by atoms with Crippen molar-refractivity contribution in [2.45, 2.75) is 26.7 Å². The van der Waals surface area contributed by atoms with Crippen molar-refractivity contribution in [3.8, 4) is 16.9 Å². The van der Waals surface area contributed by atoms with Crippen molar-refractivity contribution in [1.82, 2.24) is 19.3 Å². The Morgan fingerprint density at radius 2 is 1.83 bits per heavy atom. The number of morpholine rings is 1. The highest BCUT2D eigenvalue weighted by molar-refractivity contribution is 5.84. The number of rotatable bonds is 6. The van der Waals surface area contributed by atoms with Gasteiger partial charge in [0.05, 0.1) is 30.7 Å². The first kappa shape index (κ1) is 23.0. The maximum absolute atomic E-state index is 13.6. The Balaban J connectivity index is 1.52. The minimum Gasteiger partial charge on any atom is -0.460 e. The third-order valence-corrected chi connectivity index (χ3v) is 6.25. The molecule has 5 rings (SSSR count). The summed E-state index contributed by atoms with van der Waals surface area (Å²) in [5.74, 6) is 1.15. The van der Waals surface area contributed by atoms with Crippen molar-refractivity contribution >= 4 is 16.9 Å². The van der Waals surface area contributed by atoms with Crippen LogP contribution < -0.4 is 15.2 Å². The molecule has 182 valence electrons. The van der Waals surface area contributed by atoms with Crippen molar-refractivity contribution in [2.24, 2.45) is 7.05 Å². The van der Waals surface area contributed by atoms with E-state index in [9.17, 15) is 9.18 Å². The summed E-state index contributed by atoms with van der Waals surface area (Å²) in [7, 11) is 1.73. The van der Waals surface area contributed by atoms with E-state index in [-0.39, 0.29) is 5.56 Å². The van der Waals surface area contributed by atoms with E-state index in [2.05, 4.69) is 14.9 Å². The summed E-state index contributed by atoms with van der Waals surface area (Å²) in [5, 5.41) is 0.607. The molecule has 0 bridgehead atoms. The van der Waals surface area contributed by atoms with Crippen LogP contribution in [0.25, 0.3) is 22.0 Å². The molecule has 35 heavy (non-hydrogen) atoms. The number of hydrogen-bond acceptors (Lipinski definition) is 6. The van der Waals surface area contributed by atoms with Gasteiger partial charge in [-0.05, 0) is 30.7 Å². The van der Waals surface area contributed by atoms with Gasteiger partial charge < -0.3 is 14.4 Å². The number of aryl methyl sites for hydroxylation is 1. The molecule has 1 unspecified atom stereocenters. The summed E-state index contributed by atoms with van der Waals surface area (Å²) >= 11 is 0. The van der Waals surface area contributed by atoms with Crippen LogP contribution >= 0.6 is 0 Å². The molecule has 1 fully saturated rings. The van der Waals surface area contributed by atoms with Crippen LogP contribution in [0.3, 0.4) is 0 Å². The quantitative estimate of drug-likeness (QED) is 0.422. The minimum absolute atomic E-state index is 0.0977. The number of benzene rings is 2. The lowest BCUT2D eigenvalue weighted by Gasteiger charge is -2.26. The normalized spacial score (nSPS) is 14.9. The minimum atomic E-state index is -1.44. The fraction of sp³-hybridized carbons (Fsp3) is 0.346. The summed E-state index contributed by atoms with van der Waals surface area (Å²) in [6.07, 6.45) is 2.17. The van der Waals surface area contributed by atoms with Crippen molar-refractivity contribution in [1.29, 1.82) is 0 Å². The highest BCUT2D eigenvalue weighted by Gasteiger charge is 2.17. The zero-order chi connectivity index (χ0) is 24.5. The molecule has 0 amide bonds. The number of halogens is 1. The van der Waals surface area contributed by atoms with Gasteiger partial charge in [0.15, 0.2) is 0 Å². The van der Waals surface area contributed by atoms with Crippen LogP contribution in [0.5, 0.6) is 5.75 Å². The Labute approximate surface area is 202 Å². The molecule has 0 spiro atoms. The number of hydrogen-bond donors (Lipinski definition) is 0. The predicted octanol–water partition coefficient (Wildman–Crippen LogP) is 3.68. The summed E-state index contributed by atoms with van der Waals surface area (Å²) < 4.78 is 27.9. The lowest BCUT2D eigenvalue weighted by atomic mass is 10.1. The molecule has 0 radical (unpaired) electrons. The average Bonchev–Trinajstić information content (AvgIpc) is 3.10. The maximum atomic E-state index is 13.6. The van der Waals surface area contributed by atoms with Crippen LogP contribution in [0.15, 0.2) is 53.6 Å². The first-order chi connectivity index (χ1) is 16.9. The highest BCUT2D eigenvalue weighted by atomic mass is 19.1. The molecule has 8 nitrogen and oxygen atoms in total. The lowest BCUT2D eigenvalue weighted by Crippen LogP contribution is -2.37. The molecule has 9 heteroatoms. The van der Waals surface area contributed by atoms with Gasteiger partial charge >= 0.3 is 0 Å². The smallest absolute Gasteiger partial charge is 0.274 e. The molecule has 1 aliphatic rings. The SMILES string of the molecule is Cc1ccc(OC(C)F)c(Cn2c3cc(-c4cnc(N5CCOCC5)nc4)ccc3c(=O)n2C)c1. The van der Waals surface area contributed by atoms with Crippen molar-refractivity contribution < 1.29 is 13.9 Å². The number of aromatic nitrogens is 4. The number of anilines is 1. The van der Waals surface area contributed by atoms with Gasteiger partial charge in [-0.1, -0.05) is 23.8 Å². The van der Waals surface area contributed by atoms with Gasteiger partial charge in [-0.2, -0.15) is 0 Å². The van der Waals surface area contributed by atoms with Gasteiger partial charge in [0.25, 0.3) is 5.56 Å². The molecule has 0 saturated carbocycles. The van der Waals surface area contributed by atoms with Crippen LogP contribution in [0, 0.1) is 6.92 Å². The van der Waals surface area contributed by atoms with E-state index in [0.29, 0.717) is 36.8 Å².